The molecule has 1 atom stereocenters. The predicted molar refractivity (Wildman–Crippen MR) is 149 cm³/mol. The molecule has 0 radical (unpaired) electrons. The zero-order valence-corrected chi connectivity index (χ0v) is 22.1. The fourth-order valence-electron chi connectivity index (χ4n) is 4.40. The van der Waals surface area contributed by atoms with Crippen LogP contribution in [0, 0.1) is 0 Å². The highest BCUT2D eigenvalue weighted by atomic mass is 32.2. The van der Waals surface area contributed by atoms with E-state index in [1.807, 2.05) is 30.3 Å². The first-order chi connectivity index (χ1) is 18.3. The van der Waals surface area contributed by atoms with E-state index in [1.165, 1.54) is 15.9 Å². The van der Waals surface area contributed by atoms with Crippen molar-refractivity contribution in [2.45, 2.75) is 17.9 Å². The van der Waals surface area contributed by atoms with Gasteiger partial charge in [0.1, 0.15) is 11.6 Å². The molecule has 0 bridgehead atoms. The summed E-state index contributed by atoms with van der Waals surface area (Å²) in [5.74, 6) is 0.953. The van der Waals surface area contributed by atoms with Gasteiger partial charge in [-0.2, -0.15) is 4.31 Å². The molecule has 0 aliphatic rings. The summed E-state index contributed by atoms with van der Waals surface area (Å²) in [5, 5.41) is 0.446. The van der Waals surface area contributed by atoms with Crippen LogP contribution >= 0.6 is 0 Å². The van der Waals surface area contributed by atoms with E-state index in [2.05, 4.69) is 0 Å². The van der Waals surface area contributed by atoms with Crippen LogP contribution in [0.4, 0.5) is 0 Å². The standard InChI is InChI=1S/C30H27N3O4S/c1-21(32(2)38(35,36)26-19-13-23(14-20-26)22-9-5-4-6-10-22)29-31-28-12-8-7-11-27(28)30(34)33(29)24-15-17-25(37-3)18-16-24/h4-21H,1-3H3. The Balaban J connectivity index is 1.57. The zero-order valence-electron chi connectivity index (χ0n) is 21.3. The van der Waals surface area contributed by atoms with Gasteiger partial charge in [-0.05, 0) is 66.6 Å². The minimum absolute atomic E-state index is 0.158. The lowest BCUT2D eigenvalue weighted by molar-refractivity contribution is 0.379. The molecule has 8 heteroatoms. The van der Waals surface area contributed by atoms with Gasteiger partial charge in [-0.3, -0.25) is 9.36 Å². The highest BCUT2D eigenvalue weighted by Gasteiger charge is 2.30. The Morgan fingerprint density at radius 2 is 1.42 bits per heavy atom. The average molecular weight is 526 g/mol. The van der Waals surface area contributed by atoms with Crippen LogP contribution in [0.5, 0.6) is 5.75 Å². The summed E-state index contributed by atoms with van der Waals surface area (Å²) in [5.41, 5.74) is 2.71. The summed E-state index contributed by atoms with van der Waals surface area (Å²) < 4.78 is 35.3. The number of hydrogen-bond acceptors (Lipinski definition) is 5. The molecule has 5 rings (SSSR count). The van der Waals surface area contributed by atoms with E-state index in [4.69, 9.17) is 9.72 Å². The maximum Gasteiger partial charge on any atom is 0.266 e. The number of fused-ring (bicyclic) bond motifs is 1. The third kappa shape index (κ3) is 4.60. The van der Waals surface area contributed by atoms with Crippen LogP contribution in [0.15, 0.2) is 113 Å². The molecule has 5 aromatic rings. The summed E-state index contributed by atoms with van der Waals surface area (Å²) in [6.07, 6.45) is 0. The number of sulfonamides is 1. The van der Waals surface area contributed by atoms with Crippen molar-refractivity contribution < 1.29 is 13.2 Å². The van der Waals surface area contributed by atoms with Crippen LogP contribution in [-0.4, -0.2) is 36.4 Å². The van der Waals surface area contributed by atoms with Crippen LogP contribution in [-0.2, 0) is 10.0 Å². The number of benzene rings is 4. The molecule has 0 aliphatic heterocycles. The smallest absolute Gasteiger partial charge is 0.266 e. The van der Waals surface area contributed by atoms with E-state index >= 15 is 0 Å². The van der Waals surface area contributed by atoms with Gasteiger partial charge in [0.25, 0.3) is 5.56 Å². The van der Waals surface area contributed by atoms with Gasteiger partial charge >= 0.3 is 0 Å². The molecule has 1 unspecified atom stereocenters. The lowest BCUT2D eigenvalue weighted by Gasteiger charge is -2.26. The Labute approximate surface area is 221 Å². The zero-order chi connectivity index (χ0) is 26.9. The second-order valence-electron chi connectivity index (χ2n) is 8.91. The van der Waals surface area contributed by atoms with Crippen molar-refractivity contribution in [2.75, 3.05) is 14.2 Å². The number of rotatable bonds is 7. The number of aromatic nitrogens is 2. The van der Waals surface area contributed by atoms with Gasteiger partial charge in [-0.1, -0.05) is 54.6 Å². The van der Waals surface area contributed by atoms with Crippen molar-refractivity contribution in [3.8, 4) is 22.6 Å². The minimum Gasteiger partial charge on any atom is -0.497 e. The lowest BCUT2D eigenvalue weighted by Crippen LogP contribution is -2.34. The van der Waals surface area contributed by atoms with Gasteiger partial charge in [0.15, 0.2) is 0 Å². The van der Waals surface area contributed by atoms with E-state index in [9.17, 15) is 13.2 Å². The summed E-state index contributed by atoms with van der Waals surface area (Å²) in [7, 11) is -0.830. The number of nitrogens with zero attached hydrogens (tertiary/aromatic N) is 3. The SMILES string of the molecule is COc1ccc(-n2c(C(C)N(C)S(=O)(=O)c3ccc(-c4ccccc4)cc3)nc3ccccc3c2=O)cc1. The Morgan fingerprint density at radius 3 is 2.08 bits per heavy atom. The monoisotopic (exact) mass is 525 g/mol. The Kier molecular flexibility index (Phi) is 6.84. The Hall–Kier alpha value is -4.27. The van der Waals surface area contributed by atoms with Gasteiger partial charge in [0.2, 0.25) is 10.0 Å². The van der Waals surface area contributed by atoms with Crippen LogP contribution < -0.4 is 10.3 Å². The van der Waals surface area contributed by atoms with Crippen LogP contribution in [0.1, 0.15) is 18.8 Å². The van der Waals surface area contributed by atoms with Crippen LogP contribution in [0.25, 0.3) is 27.7 Å². The molecule has 1 aromatic heterocycles. The topological polar surface area (TPSA) is 81.5 Å². The molecule has 7 nitrogen and oxygen atoms in total. The Bertz CT molecular complexity index is 1750. The largest absolute Gasteiger partial charge is 0.497 e. The molecule has 0 N–H and O–H groups in total. The fraction of sp³-hybridized carbons (Fsp3) is 0.133. The van der Waals surface area contributed by atoms with Crippen molar-refractivity contribution >= 4 is 20.9 Å². The first kappa shape index (κ1) is 25.4. The molecule has 192 valence electrons. The number of methoxy groups -OCH3 is 1. The summed E-state index contributed by atoms with van der Waals surface area (Å²) in [6, 6.07) is 29.9. The van der Waals surface area contributed by atoms with Gasteiger partial charge in [0, 0.05) is 7.05 Å². The van der Waals surface area contributed by atoms with Crippen LogP contribution in [0.3, 0.4) is 0 Å². The fourth-order valence-corrected chi connectivity index (χ4v) is 5.72. The highest BCUT2D eigenvalue weighted by Crippen LogP contribution is 2.29. The molecular formula is C30H27N3O4S. The molecule has 0 amide bonds. The van der Waals surface area contributed by atoms with Crippen molar-refractivity contribution in [3.63, 3.8) is 0 Å². The van der Waals surface area contributed by atoms with E-state index in [1.54, 1.807) is 86.8 Å². The second kappa shape index (κ2) is 10.2. The molecule has 0 spiro atoms. The van der Waals surface area contributed by atoms with Gasteiger partial charge in [-0.25, -0.2) is 13.4 Å². The van der Waals surface area contributed by atoms with Crippen molar-refractivity contribution in [1.82, 2.24) is 13.9 Å². The Morgan fingerprint density at radius 1 is 0.816 bits per heavy atom. The van der Waals surface area contributed by atoms with E-state index in [0.717, 1.165) is 11.1 Å². The third-order valence-corrected chi connectivity index (χ3v) is 8.63. The summed E-state index contributed by atoms with van der Waals surface area (Å²) >= 11 is 0. The number of hydrogen-bond donors (Lipinski definition) is 0. The molecule has 4 aromatic carbocycles. The summed E-state index contributed by atoms with van der Waals surface area (Å²) in [6.45, 7) is 1.73. The molecule has 0 aliphatic carbocycles. The van der Waals surface area contributed by atoms with Gasteiger partial charge in [0.05, 0.1) is 34.6 Å². The van der Waals surface area contributed by atoms with E-state index in [-0.39, 0.29) is 10.5 Å². The molecule has 0 fully saturated rings. The molecule has 38 heavy (non-hydrogen) atoms. The normalized spacial score (nSPS) is 12.5. The van der Waals surface area contributed by atoms with Crippen molar-refractivity contribution in [1.29, 1.82) is 0 Å². The first-order valence-electron chi connectivity index (χ1n) is 12.1. The van der Waals surface area contributed by atoms with Gasteiger partial charge < -0.3 is 4.74 Å². The second-order valence-corrected chi connectivity index (χ2v) is 10.9. The average Bonchev–Trinajstić information content (AvgIpc) is 2.97. The minimum atomic E-state index is -3.90. The molecule has 1 heterocycles. The van der Waals surface area contributed by atoms with Crippen LogP contribution in [0.2, 0.25) is 0 Å². The van der Waals surface area contributed by atoms with Gasteiger partial charge in [-0.15, -0.1) is 0 Å². The van der Waals surface area contributed by atoms with Crippen molar-refractivity contribution in [3.05, 3.63) is 119 Å². The highest BCUT2D eigenvalue weighted by molar-refractivity contribution is 7.89. The number of para-hydroxylation sites is 1. The number of ether oxygens (including phenoxy) is 1. The molecule has 0 saturated carbocycles. The maximum atomic E-state index is 13.7. The summed E-state index contributed by atoms with van der Waals surface area (Å²) in [4.78, 5) is 18.6. The quantitative estimate of drug-likeness (QED) is 0.283. The molecular weight excluding hydrogens is 498 g/mol. The van der Waals surface area contributed by atoms with Crippen molar-refractivity contribution in [2.24, 2.45) is 0 Å². The predicted octanol–water partition coefficient (Wildman–Crippen LogP) is 5.44. The first-order valence-corrected chi connectivity index (χ1v) is 13.5. The van der Waals surface area contributed by atoms with E-state index < -0.39 is 16.1 Å². The maximum absolute atomic E-state index is 13.7. The van der Waals surface area contributed by atoms with E-state index in [0.29, 0.717) is 28.2 Å². The molecule has 0 saturated heterocycles. The third-order valence-electron chi connectivity index (χ3n) is 6.69. The lowest BCUT2D eigenvalue weighted by atomic mass is 10.1.